The maximum Gasteiger partial charge on any atom is 0.224 e. The molecule has 1 aliphatic heterocycles. The summed E-state index contributed by atoms with van der Waals surface area (Å²) in [6, 6.07) is 6.98. The standard InChI is InChI=1S/C30H37N5O2/c1-18-14-32-25(16-31-18)11-23-13-26(23)29-19(2)30(21-5-6-21)35(20(3)36)28-8-7-22(12-27(28)29)24-15-33-34(17-24)9-10-37-4/h7-8,12,14-17,19,21,23,26,29-30H,5-6,9-11,13H2,1-4H3/t19-,23?,26?,29?,30-/m0/s1. The first-order valence-corrected chi connectivity index (χ1v) is 13.7. The van der Waals surface area contributed by atoms with Crippen LogP contribution in [0.25, 0.3) is 11.1 Å². The average Bonchev–Trinajstić information content (AvgIpc) is 3.81. The van der Waals surface area contributed by atoms with E-state index >= 15 is 0 Å². The summed E-state index contributed by atoms with van der Waals surface area (Å²) in [4.78, 5) is 24.2. The molecular formula is C30H37N5O2. The van der Waals surface area contributed by atoms with Crippen LogP contribution in [0.15, 0.2) is 43.0 Å². The molecule has 5 atom stereocenters. The second-order valence-electron chi connectivity index (χ2n) is 11.4. The van der Waals surface area contributed by atoms with Gasteiger partial charge in [-0.15, -0.1) is 0 Å². The molecule has 0 saturated heterocycles. The summed E-state index contributed by atoms with van der Waals surface area (Å²) in [5.41, 5.74) is 6.75. The van der Waals surface area contributed by atoms with Crippen LogP contribution in [-0.2, 0) is 22.5 Å². The maximum atomic E-state index is 13.0. The average molecular weight is 500 g/mol. The molecule has 2 fully saturated rings. The second kappa shape index (κ2) is 9.67. The van der Waals surface area contributed by atoms with E-state index in [1.54, 1.807) is 14.0 Å². The van der Waals surface area contributed by atoms with Crippen molar-refractivity contribution in [1.82, 2.24) is 19.7 Å². The van der Waals surface area contributed by atoms with Gasteiger partial charge in [0.05, 0.1) is 30.7 Å². The molecule has 6 rings (SSSR count). The maximum absolute atomic E-state index is 13.0. The molecule has 3 aliphatic rings. The van der Waals surface area contributed by atoms with Crippen LogP contribution >= 0.6 is 0 Å². The Morgan fingerprint density at radius 3 is 2.68 bits per heavy atom. The number of nitrogens with zero attached hydrogens (tertiary/aromatic N) is 5. The van der Waals surface area contributed by atoms with Crippen molar-refractivity contribution in [2.75, 3.05) is 18.6 Å². The smallest absolute Gasteiger partial charge is 0.224 e. The Morgan fingerprint density at radius 1 is 1.14 bits per heavy atom. The molecule has 1 aromatic carbocycles. The van der Waals surface area contributed by atoms with E-state index in [9.17, 15) is 4.79 Å². The number of hydrogen-bond acceptors (Lipinski definition) is 5. The number of amides is 1. The lowest BCUT2D eigenvalue weighted by Crippen LogP contribution is -2.50. The van der Waals surface area contributed by atoms with Crippen molar-refractivity contribution in [3.05, 3.63) is 59.9 Å². The summed E-state index contributed by atoms with van der Waals surface area (Å²) in [6.07, 6.45) is 12.5. The molecule has 2 aliphatic carbocycles. The Morgan fingerprint density at radius 2 is 1.97 bits per heavy atom. The molecule has 3 aromatic rings. The molecular weight excluding hydrogens is 462 g/mol. The number of hydrogen-bond donors (Lipinski definition) is 0. The molecule has 3 unspecified atom stereocenters. The SMILES string of the molecule is COCCn1cc(-c2ccc3c(c2)C(C2CC2Cc2cnc(C)cn2)[C@H](C)[C@@H](C2CC2)N3C(C)=O)cn1. The van der Waals surface area contributed by atoms with Gasteiger partial charge in [0.1, 0.15) is 0 Å². The molecule has 3 heterocycles. The van der Waals surface area contributed by atoms with E-state index in [4.69, 9.17) is 4.74 Å². The van der Waals surface area contributed by atoms with E-state index in [0.29, 0.717) is 36.2 Å². The van der Waals surface area contributed by atoms with Crippen LogP contribution in [0.5, 0.6) is 0 Å². The third-order valence-electron chi connectivity index (χ3n) is 8.73. The third-order valence-corrected chi connectivity index (χ3v) is 8.73. The molecule has 2 saturated carbocycles. The number of rotatable bonds is 8. The number of ether oxygens (including phenoxy) is 1. The Balaban J connectivity index is 1.35. The first-order chi connectivity index (χ1) is 17.9. The van der Waals surface area contributed by atoms with Gasteiger partial charge < -0.3 is 9.64 Å². The number of aryl methyl sites for hydroxylation is 1. The molecule has 194 valence electrons. The summed E-state index contributed by atoms with van der Waals surface area (Å²) in [6.45, 7) is 7.47. The summed E-state index contributed by atoms with van der Waals surface area (Å²) in [5.74, 6) is 2.85. The molecule has 7 nitrogen and oxygen atoms in total. The van der Waals surface area contributed by atoms with Crippen molar-refractivity contribution in [2.24, 2.45) is 23.7 Å². The Bertz CT molecular complexity index is 1280. The van der Waals surface area contributed by atoms with E-state index in [0.717, 1.165) is 41.2 Å². The minimum atomic E-state index is 0.158. The van der Waals surface area contributed by atoms with E-state index < -0.39 is 0 Å². The molecule has 2 aromatic heterocycles. The van der Waals surface area contributed by atoms with E-state index in [1.165, 1.54) is 24.8 Å². The fourth-order valence-electron chi connectivity index (χ4n) is 6.75. The van der Waals surface area contributed by atoms with Gasteiger partial charge in [-0.25, -0.2) is 0 Å². The number of anilines is 1. The van der Waals surface area contributed by atoms with Crippen LogP contribution in [0.4, 0.5) is 5.69 Å². The zero-order valence-electron chi connectivity index (χ0n) is 22.3. The highest BCUT2D eigenvalue weighted by Gasteiger charge is 2.54. The lowest BCUT2D eigenvalue weighted by molar-refractivity contribution is -0.117. The summed E-state index contributed by atoms with van der Waals surface area (Å²) < 4.78 is 7.15. The number of fused-ring (bicyclic) bond motifs is 1. The van der Waals surface area contributed by atoms with E-state index in [2.05, 4.69) is 51.3 Å². The third kappa shape index (κ3) is 4.70. The minimum Gasteiger partial charge on any atom is -0.383 e. The lowest BCUT2D eigenvalue weighted by Gasteiger charge is -2.46. The molecule has 7 heteroatoms. The molecule has 0 bridgehead atoms. The zero-order chi connectivity index (χ0) is 25.7. The van der Waals surface area contributed by atoms with Gasteiger partial charge in [-0.05, 0) is 85.5 Å². The van der Waals surface area contributed by atoms with Crippen LogP contribution < -0.4 is 4.90 Å². The lowest BCUT2D eigenvalue weighted by atomic mass is 9.72. The number of carbonyl (C=O) groups excluding carboxylic acids is 1. The summed E-state index contributed by atoms with van der Waals surface area (Å²) in [5, 5.41) is 4.53. The number of carbonyl (C=O) groups is 1. The molecule has 1 amide bonds. The van der Waals surface area contributed by atoms with Gasteiger partial charge in [0.2, 0.25) is 5.91 Å². The van der Waals surface area contributed by atoms with Crippen molar-refractivity contribution in [3.63, 3.8) is 0 Å². The van der Waals surface area contributed by atoms with Gasteiger partial charge >= 0.3 is 0 Å². The van der Waals surface area contributed by atoms with Crippen molar-refractivity contribution >= 4 is 11.6 Å². The van der Waals surface area contributed by atoms with Gasteiger partial charge in [-0.3, -0.25) is 19.4 Å². The molecule has 37 heavy (non-hydrogen) atoms. The van der Waals surface area contributed by atoms with Crippen LogP contribution in [0.3, 0.4) is 0 Å². The topological polar surface area (TPSA) is 73.1 Å². The Hall–Kier alpha value is -3.06. The number of aromatic nitrogens is 4. The predicted octanol–water partition coefficient (Wildman–Crippen LogP) is 5.04. The largest absolute Gasteiger partial charge is 0.383 e. The molecule has 0 radical (unpaired) electrons. The second-order valence-corrected chi connectivity index (χ2v) is 11.4. The summed E-state index contributed by atoms with van der Waals surface area (Å²) >= 11 is 0. The van der Waals surface area contributed by atoms with Crippen LogP contribution in [-0.4, -0.2) is 45.4 Å². The van der Waals surface area contributed by atoms with Gasteiger partial charge in [-0.1, -0.05) is 13.0 Å². The number of benzene rings is 1. The zero-order valence-corrected chi connectivity index (χ0v) is 22.3. The van der Waals surface area contributed by atoms with Crippen LogP contribution in [0.1, 0.15) is 56.0 Å². The first-order valence-electron chi connectivity index (χ1n) is 13.7. The van der Waals surface area contributed by atoms with Crippen molar-refractivity contribution in [1.29, 1.82) is 0 Å². The monoisotopic (exact) mass is 499 g/mol. The highest BCUT2D eigenvalue weighted by Crippen LogP contribution is 2.60. The van der Waals surface area contributed by atoms with Crippen LogP contribution in [0, 0.1) is 30.6 Å². The molecule has 0 spiro atoms. The van der Waals surface area contributed by atoms with E-state index in [1.807, 2.05) is 30.2 Å². The number of methoxy groups -OCH3 is 1. The van der Waals surface area contributed by atoms with Gasteiger partial charge in [0.15, 0.2) is 0 Å². The molecule has 0 N–H and O–H groups in total. The fourth-order valence-corrected chi connectivity index (χ4v) is 6.75. The highest BCUT2D eigenvalue weighted by atomic mass is 16.5. The van der Waals surface area contributed by atoms with Crippen LogP contribution in [0.2, 0.25) is 0 Å². The van der Waals surface area contributed by atoms with E-state index in [-0.39, 0.29) is 11.9 Å². The Labute approximate surface area is 219 Å². The minimum absolute atomic E-state index is 0.158. The Kier molecular flexibility index (Phi) is 6.35. The van der Waals surface area contributed by atoms with Crippen molar-refractivity contribution in [2.45, 2.75) is 65.0 Å². The van der Waals surface area contributed by atoms with Crippen molar-refractivity contribution < 1.29 is 9.53 Å². The van der Waals surface area contributed by atoms with Crippen molar-refractivity contribution in [3.8, 4) is 11.1 Å². The fraction of sp³-hybridized carbons (Fsp3) is 0.533. The normalized spacial score (nSPS) is 26.7. The van der Waals surface area contributed by atoms with Gasteiger partial charge in [0, 0.05) is 49.9 Å². The first kappa shape index (κ1) is 24.3. The van der Waals surface area contributed by atoms with Gasteiger partial charge in [0.25, 0.3) is 0 Å². The quantitative estimate of drug-likeness (QED) is 0.434. The van der Waals surface area contributed by atoms with Gasteiger partial charge in [-0.2, -0.15) is 5.10 Å². The summed E-state index contributed by atoms with van der Waals surface area (Å²) in [7, 11) is 1.71. The highest BCUT2D eigenvalue weighted by molar-refractivity contribution is 5.94. The predicted molar refractivity (Wildman–Crippen MR) is 143 cm³/mol.